The molecule has 16 unspecified atom stereocenters. The van der Waals surface area contributed by atoms with Gasteiger partial charge in [-0.25, -0.2) is 0 Å². The predicted molar refractivity (Wildman–Crippen MR) is 294 cm³/mol. The van der Waals surface area contributed by atoms with Crippen molar-refractivity contribution in [2.45, 2.75) is 274 Å². The maximum Gasteiger partial charge on any atom is 0.311 e. The Labute approximate surface area is 478 Å². The number of aliphatic hydroxyl groups is 13. The number of hydrogen-bond donors (Lipinski definition) is 15. The van der Waals surface area contributed by atoms with Crippen LogP contribution in [-0.4, -0.2) is 201 Å². The average molecular weight is 1170 g/mol. The molecular formula is C57H103N3O21-2. The lowest BCUT2D eigenvalue weighted by Gasteiger charge is -2.34. The molecule has 474 valence electrons. The van der Waals surface area contributed by atoms with Crippen LogP contribution in [0.25, 0.3) is 0 Å². The van der Waals surface area contributed by atoms with E-state index in [1.165, 1.54) is 6.08 Å². The first-order valence-electron chi connectivity index (χ1n) is 29.1. The number of aliphatic hydroxyl groups excluding tert-OH is 13. The first kappa shape index (κ1) is 75.6. The number of hydrogen-bond acceptors (Lipinski definition) is 22. The van der Waals surface area contributed by atoms with E-state index in [-0.39, 0.29) is 49.9 Å². The first-order chi connectivity index (χ1) is 38.0. The third-order valence-electron chi connectivity index (χ3n) is 15.4. The molecule has 17 N–H and O–H groups in total. The molecule has 0 aliphatic carbocycles. The molecule has 2 heterocycles. The molecule has 0 aromatic heterocycles. The van der Waals surface area contributed by atoms with E-state index in [1.54, 1.807) is 6.92 Å². The van der Waals surface area contributed by atoms with Crippen LogP contribution in [0.5, 0.6) is 0 Å². The minimum Gasteiger partial charge on any atom is -0.543 e. The van der Waals surface area contributed by atoms with Gasteiger partial charge in [0.2, 0.25) is 0 Å². The highest BCUT2D eigenvalue weighted by Crippen LogP contribution is 2.32. The maximum atomic E-state index is 14.2. The molecule has 0 bridgehead atoms. The molecule has 81 heavy (non-hydrogen) atoms. The summed E-state index contributed by atoms with van der Waals surface area (Å²) in [5.74, 6) is -7.01. The molecule has 2 aliphatic heterocycles. The van der Waals surface area contributed by atoms with Crippen LogP contribution in [0.15, 0.2) is 28.3 Å². The number of aliphatic carboxylic acids is 2. The van der Waals surface area contributed by atoms with Gasteiger partial charge in [0.05, 0.1) is 85.5 Å². The van der Waals surface area contributed by atoms with Crippen molar-refractivity contribution in [1.82, 2.24) is 0 Å². The lowest BCUT2D eigenvalue weighted by atomic mass is 9.84. The van der Waals surface area contributed by atoms with E-state index >= 15 is 0 Å². The molecule has 0 aromatic rings. The van der Waals surface area contributed by atoms with Gasteiger partial charge in [-0.1, -0.05) is 64.7 Å². The SMILES string of the molecule is CCCCC1C(=O)OC(C(C)C(O)CCCN=C(N)N)C(C)/C=C(\C)CCCCC(O)CC(O)CC(O)CC(O)CC(O)C(O[C@H]2O[C@H](CO)[C@@H](O)[C@@H]2O)/C=C(\C)C(O)CCCC(O)CCCC(O)CCC(C)C1O.O=C([O-])C(=O)[O-]. The molecule has 20 atom stereocenters. The van der Waals surface area contributed by atoms with Gasteiger partial charge in [0.1, 0.15) is 30.5 Å². The summed E-state index contributed by atoms with van der Waals surface area (Å²) in [4.78, 5) is 36.1. The summed E-state index contributed by atoms with van der Waals surface area (Å²) in [5.41, 5.74) is 12.4. The Bertz CT molecular complexity index is 1830. The Kier molecular flexibility index (Phi) is 38.0. The Morgan fingerprint density at radius 3 is 1.84 bits per heavy atom. The summed E-state index contributed by atoms with van der Waals surface area (Å²) in [5, 5.41) is 159. The number of allylic oxidation sites excluding steroid dienone is 1. The predicted octanol–water partition coefficient (Wildman–Crippen LogP) is -1.27. The lowest BCUT2D eigenvalue weighted by Crippen LogP contribution is -2.42. The molecule has 0 amide bonds. The molecule has 0 saturated carbocycles. The fourth-order valence-electron chi connectivity index (χ4n) is 10.3. The van der Waals surface area contributed by atoms with Crippen molar-refractivity contribution in [3.8, 4) is 0 Å². The van der Waals surface area contributed by atoms with Crippen molar-refractivity contribution in [1.29, 1.82) is 0 Å². The number of esters is 1. The summed E-state index contributed by atoms with van der Waals surface area (Å²) < 4.78 is 17.7. The highest BCUT2D eigenvalue weighted by atomic mass is 16.7. The first-order valence-corrected chi connectivity index (χ1v) is 29.1. The van der Waals surface area contributed by atoms with Crippen LogP contribution >= 0.6 is 0 Å². The zero-order valence-corrected chi connectivity index (χ0v) is 48.6. The van der Waals surface area contributed by atoms with E-state index in [9.17, 15) is 71.2 Å². The Hall–Kier alpha value is -3.44. The van der Waals surface area contributed by atoms with Crippen molar-refractivity contribution in [3.05, 3.63) is 23.3 Å². The van der Waals surface area contributed by atoms with Gasteiger partial charge in [-0.05, 0) is 134 Å². The minimum atomic E-state index is -2.19. The fourth-order valence-corrected chi connectivity index (χ4v) is 10.3. The number of nitrogens with two attached hydrogens (primary N) is 2. The standard InChI is InChI=1S/C55H103N3O17.C2H2O4/c1-7-8-19-43-49(69)33(3)22-23-38(61)17-11-16-37(60)18-12-20-44(66)34(4)26-47(73-54-51(71)50(70)48(31-59)74-54)46(68)30-42(65)29-41(64)28-40(63)27-39(62)15-10-9-14-32(2)25-35(5)52(75-53(43)72)36(6)45(67)21-13-24-58-55(56)57;3-1(4)2(5)6/h25-26,33,35-52,54,59-71H,7-24,27-31H2,1-6H3,(H4,56,57,58);(H,3,4)(H,5,6)/p-2/b32-25+,34-26+;/t33?,35?,36?,37?,38?,39?,40?,41?,42?,43?,44?,45?,46?,47?,48-,49?,50-,51+,52?,54+;/m1./s1. The number of aliphatic imine (C=N–C) groups is 1. The summed E-state index contributed by atoms with van der Waals surface area (Å²) in [6.45, 7) is 10.9. The second-order valence-electron chi connectivity index (χ2n) is 22.8. The van der Waals surface area contributed by atoms with Crippen LogP contribution in [-0.2, 0) is 28.6 Å². The quantitative estimate of drug-likeness (QED) is 0.0271. The molecule has 0 radical (unpaired) electrons. The number of carbonyl (C=O) groups is 3. The molecule has 0 aromatic carbocycles. The van der Waals surface area contributed by atoms with Crippen LogP contribution in [0.3, 0.4) is 0 Å². The van der Waals surface area contributed by atoms with Crippen molar-refractivity contribution < 1.29 is 105 Å². The van der Waals surface area contributed by atoms with Crippen molar-refractivity contribution in [2.24, 2.45) is 40.1 Å². The number of cyclic esters (lactones) is 1. The Balaban J connectivity index is 0.00000516. The maximum absolute atomic E-state index is 14.2. The van der Waals surface area contributed by atoms with Gasteiger partial charge in [-0.15, -0.1) is 0 Å². The van der Waals surface area contributed by atoms with Crippen molar-refractivity contribution in [3.63, 3.8) is 0 Å². The molecule has 0 spiro atoms. The van der Waals surface area contributed by atoms with Gasteiger partial charge in [-0.3, -0.25) is 9.79 Å². The zero-order chi connectivity index (χ0) is 61.5. The van der Waals surface area contributed by atoms with Crippen LogP contribution in [0.1, 0.15) is 176 Å². The number of ether oxygens (including phenoxy) is 3. The second kappa shape index (κ2) is 40.8. The van der Waals surface area contributed by atoms with E-state index in [1.807, 2.05) is 40.7 Å². The van der Waals surface area contributed by atoms with Gasteiger partial charge < -0.3 is 112 Å². The minimum absolute atomic E-state index is 0.0266. The number of carbonyl (C=O) groups excluding carboxylic acids is 3. The molecule has 2 aliphatic rings. The molecule has 24 heteroatoms. The second-order valence-corrected chi connectivity index (χ2v) is 22.8. The zero-order valence-electron chi connectivity index (χ0n) is 48.6. The topological polar surface area (TPSA) is 452 Å². The van der Waals surface area contributed by atoms with Gasteiger partial charge in [-0.2, -0.15) is 0 Å². The molecular weight excluding hydrogens is 1060 g/mol. The summed E-state index contributed by atoms with van der Waals surface area (Å²) in [6, 6.07) is 0. The van der Waals surface area contributed by atoms with Gasteiger partial charge in [0, 0.05) is 24.8 Å². The van der Waals surface area contributed by atoms with E-state index in [0.717, 1.165) is 12.0 Å². The smallest absolute Gasteiger partial charge is 0.311 e. The average Bonchev–Trinajstić information content (AvgIpc) is 3.66. The molecule has 1 saturated heterocycles. The third-order valence-corrected chi connectivity index (χ3v) is 15.4. The lowest BCUT2D eigenvalue weighted by molar-refractivity contribution is -0.345. The van der Waals surface area contributed by atoms with Crippen molar-refractivity contribution >= 4 is 23.9 Å². The van der Waals surface area contributed by atoms with Crippen LogP contribution in [0.4, 0.5) is 0 Å². The van der Waals surface area contributed by atoms with Crippen molar-refractivity contribution in [2.75, 3.05) is 13.2 Å². The Morgan fingerprint density at radius 1 is 0.728 bits per heavy atom. The Morgan fingerprint density at radius 2 is 1.28 bits per heavy atom. The monoisotopic (exact) mass is 1170 g/mol. The summed E-state index contributed by atoms with van der Waals surface area (Å²) >= 11 is 0. The van der Waals surface area contributed by atoms with E-state index in [0.29, 0.717) is 108 Å². The van der Waals surface area contributed by atoms with E-state index < -0.39 is 134 Å². The number of carboxylic acid groups (broad SMARTS) is 2. The van der Waals surface area contributed by atoms with Gasteiger partial charge in [0.15, 0.2) is 12.2 Å². The molecule has 1 fully saturated rings. The third kappa shape index (κ3) is 30.8. The molecule has 24 nitrogen and oxygen atoms in total. The largest absolute Gasteiger partial charge is 0.543 e. The highest BCUT2D eigenvalue weighted by molar-refractivity contribution is 6.25. The number of unbranched alkanes of at least 4 members (excludes halogenated alkanes) is 1. The normalized spacial score (nSPS) is 36.4. The number of nitrogens with zero attached hydrogens (tertiary/aromatic N) is 1. The van der Waals surface area contributed by atoms with Gasteiger partial charge in [0.25, 0.3) is 0 Å². The molecule has 2 rings (SSSR count). The summed E-state index contributed by atoms with van der Waals surface area (Å²) in [6.07, 6.45) is -7.42. The van der Waals surface area contributed by atoms with E-state index in [2.05, 4.69) is 4.99 Å². The van der Waals surface area contributed by atoms with Crippen LogP contribution in [0, 0.1) is 23.7 Å². The highest BCUT2D eigenvalue weighted by Gasteiger charge is 2.45. The number of guanidine groups is 1. The number of carboxylic acids is 2. The van der Waals surface area contributed by atoms with E-state index in [4.69, 9.17) is 45.5 Å². The van der Waals surface area contributed by atoms with Crippen LogP contribution in [0.2, 0.25) is 0 Å². The van der Waals surface area contributed by atoms with Crippen LogP contribution < -0.4 is 21.7 Å². The fraction of sp³-hybridized carbons (Fsp3) is 0.860. The number of rotatable bonds is 12. The van der Waals surface area contributed by atoms with Gasteiger partial charge >= 0.3 is 5.97 Å². The summed E-state index contributed by atoms with van der Waals surface area (Å²) in [7, 11) is 0.